The van der Waals surface area contributed by atoms with Gasteiger partial charge in [-0.25, -0.2) is 9.13 Å². The Bertz CT molecular complexity index is 1800. The maximum Gasteiger partial charge on any atom is 0.472 e. The minimum absolute atomic E-state index is 0.103. The molecule has 0 fully saturated rings. The molecular formula is C73H142O17P2. The van der Waals surface area contributed by atoms with Crippen LogP contribution in [0.3, 0.4) is 0 Å². The predicted molar refractivity (Wildman–Crippen MR) is 372 cm³/mol. The van der Waals surface area contributed by atoms with Crippen LogP contribution in [0.2, 0.25) is 0 Å². The second-order valence-electron chi connectivity index (χ2n) is 27.8. The summed E-state index contributed by atoms with van der Waals surface area (Å²) in [6, 6.07) is 0. The van der Waals surface area contributed by atoms with Crippen LogP contribution in [0.4, 0.5) is 0 Å². The molecule has 0 heterocycles. The van der Waals surface area contributed by atoms with Crippen LogP contribution in [0, 0.1) is 17.8 Å². The van der Waals surface area contributed by atoms with Crippen LogP contribution in [0.25, 0.3) is 0 Å². The van der Waals surface area contributed by atoms with Crippen molar-refractivity contribution in [3.63, 3.8) is 0 Å². The van der Waals surface area contributed by atoms with E-state index in [4.69, 9.17) is 37.0 Å². The average Bonchev–Trinajstić information content (AvgIpc) is 1.51. The van der Waals surface area contributed by atoms with Gasteiger partial charge in [0, 0.05) is 25.7 Å². The first-order valence-electron chi connectivity index (χ1n) is 37.8. The lowest BCUT2D eigenvalue weighted by atomic mass is 10.0. The van der Waals surface area contributed by atoms with E-state index in [0.717, 1.165) is 108 Å². The molecule has 0 aliphatic heterocycles. The molecule has 5 atom stereocenters. The standard InChI is InChI=1S/C73H142O17P2/c1-8-9-10-11-12-13-14-15-16-17-18-19-20-21-22-23-24-25-33-42-49-56-72(77)89-68(60-83-70(75)54-47-40-32-28-26-30-37-44-51-64(2)3)62-87-91(79,80)85-58-67(74)59-86-92(81,82)88-63-69(61-84-71(76)55-48-41-36-35-39-46-53-66(6)7)90-73(78)57-50-43-34-29-27-31-38-45-52-65(4)5/h64-69,74H,8-63H2,1-7H3,(H,79,80)(H,81,82)/t67-,68-,69-/m1/s1. The molecule has 0 radical (unpaired) electrons. The van der Waals surface area contributed by atoms with Crippen LogP contribution >= 0.6 is 15.6 Å². The van der Waals surface area contributed by atoms with Gasteiger partial charge in [0.2, 0.25) is 0 Å². The molecule has 0 aromatic rings. The summed E-state index contributed by atoms with van der Waals surface area (Å²) in [7, 11) is -9.90. The van der Waals surface area contributed by atoms with E-state index in [-0.39, 0.29) is 25.7 Å². The monoisotopic (exact) mass is 1350 g/mol. The van der Waals surface area contributed by atoms with Crippen molar-refractivity contribution in [3.8, 4) is 0 Å². The van der Waals surface area contributed by atoms with Gasteiger partial charge in [-0.2, -0.15) is 0 Å². The SMILES string of the molecule is CCCCCCCCCCCCCCCCCCCCCCCC(=O)O[C@H](COC(=O)CCCCCCCCCCC(C)C)COP(=O)(O)OC[C@@H](O)COP(=O)(O)OC[C@@H](COC(=O)CCCCCCCCC(C)C)OC(=O)CCCCCCCCCCC(C)C. The van der Waals surface area contributed by atoms with Gasteiger partial charge in [0.1, 0.15) is 19.3 Å². The molecule has 0 aliphatic carbocycles. The smallest absolute Gasteiger partial charge is 0.462 e. The van der Waals surface area contributed by atoms with Gasteiger partial charge in [0.25, 0.3) is 0 Å². The number of hydrogen-bond donors (Lipinski definition) is 3. The number of ether oxygens (including phenoxy) is 4. The fourth-order valence-corrected chi connectivity index (χ4v) is 12.7. The molecule has 92 heavy (non-hydrogen) atoms. The minimum Gasteiger partial charge on any atom is -0.462 e. The first-order chi connectivity index (χ1) is 44.2. The van der Waals surface area contributed by atoms with E-state index in [1.165, 1.54) is 173 Å². The number of phosphoric acid groups is 2. The molecule has 546 valence electrons. The van der Waals surface area contributed by atoms with Crippen molar-refractivity contribution in [2.45, 2.75) is 388 Å². The van der Waals surface area contributed by atoms with Crippen LogP contribution in [-0.4, -0.2) is 96.7 Å². The van der Waals surface area contributed by atoms with Crippen LogP contribution < -0.4 is 0 Å². The fourth-order valence-electron chi connectivity index (χ4n) is 11.1. The number of aliphatic hydroxyl groups excluding tert-OH is 1. The summed E-state index contributed by atoms with van der Waals surface area (Å²) in [5.74, 6) is -0.00490. The van der Waals surface area contributed by atoms with Gasteiger partial charge < -0.3 is 33.8 Å². The highest BCUT2D eigenvalue weighted by Gasteiger charge is 2.30. The normalized spacial score (nSPS) is 14.1. The quantitative estimate of drug-likeness (QED) is 0.0222. The van der Waals surface area contributed by atoms with Crippen molar-refractivity contribution in [1.29, 1.82) is 0 Å². The Labute approximate surface area is 562 Å². The Balaban J connectivity index is 5.17. The van der Waals surface area contributed by atoms with Gasteiger partial charge >= 0.3 is 39.5 Å². The van der Waals surface area contributed by atoms with Crippen molar-refractivity contribution in [1.82, 2.24) is 0 Å². The Morgan fingerprint density at radius 2 is 0.500 bits per heavy atom. The summed E-state index contributed by atoms with van der Waals surface area (Å²) >= 11 is 0. The Morgan fingerprint density at radius 1 is 0.293 bits per heavy atom. The number of rotatable bonds is 71. The third-order valence-corrected chi connectivity index (χ3v) is 18.8. The zero-order chi connectivity index (χ0) is 68.0. The molecule has 0 saturated heterocycles. The number of carbonyl (C=O) groups excluding carboxylic acids is 4. The zero-order valence-electron chi connectivity index (χ0n) is 60.0. The largest absolute Gasteiger partial charge is 0.472 e. The number of phosphoric ester groups is 2. The van der Waals surface area contributed by atoms with Crippen LogP contribution in [0.1, 0.15) is 370 Å². The van der Waals surface area contributed by atoms with Gasteiger partial charge in [0.05, 0.1) is 26.4 Å². The third kappa shape index (κ3) is 66.7. The summed E-state index contributed by atoms with van der Waals surface area (Å²) in [6.45, 7) is 11.7. The van der Waals surface area contributed by atoms with Crippen LogP contribution in [-0.2, 0) is 65.4 Å². The van der Waals surface area contributed by atoms with E-state index in [1.54, 1.807) is 0 Å². The van der Waals surface area contributed by atoms with Crippen molar-refractivity contribution in [3.05, 3.63) is 0 Å². The summed E-state index contributed by atoms with van der Waals surface area (Å²) < 4.78 is 68.3. The minimum atomic E-state index is -4.95. The number of esters is 4. The fraction of sp³-hybridized carbons (Fsp3) is 0.945. The Morgan fingerprint density at radius 3 is 0.739 bits per heavy atom. The highest BCUT2D eigenvalue weighted by molar-refractivity contribution is 7.47. The van der Waals surface area contributed by atoms with Crippen molar-refractivity contribution >= 4 is 39.5 Å². The molecule has 0 spiro atoms. The first kappa shape index (κ1) is 90.1. The summed E-state index contributed by atoms with van der Waals surface area (Å²) in [4.78, 5) is 72.6. The van der Waals surface area contributed by atoms with Crippen molar-refractivity contribution < 1.29 is 80.2 Å². The number of carbonyl (C=O) groups is 4. The molecule has 17 nitrogen and oxygen atoms in total. The summed E-state index contributed by atoms with van der Waals surface area (Å²) in [5, 5.41) is 10.6. The molecule has 0 aromatic carbocycles. The molecule has 19 heteroatoms. The second kappa shape index (κ2) is 63.8. The predicted octanol–water partition coefficient (Wildman–Crippen LogP) is 21.0. The zero-order valence-corrected chi connectivity index (χ0v) is 61.8. The molecule has 0 aromatic heterocycles. The lowest BCUT2D eigenvalue weighted by molar-refractivity contribution is -0.161. The van der Waals surface area contributed by atoms with E-state index >= 15 is 0 Å². The van der Waals surface area contributed by atoms with Gasteiger partial charge in [0.15, 0.2) is 12.2 Å². The molecule has 0 saturated carbocycles. The number of unbranched alkanes of at least 4 members (excludes halogenated alkanes) is 39. The summed E-state index contributed by atoms with van der Waals surface area (Å²) in [5.41, 5.74) is 0. The molecule has 0 aliphatic rings. The third-order valence-electron chi connectivity index (χ3n) is 16.9. The highest BCUT2D eigenvalue weighted by atomic mass is 31.2. The van der Waals surface area contributed by atoms with E-state index in [0.29, 0.717) is 31.6 Å². The van der Waals surface area contributed by atoms with E-state index in [1.807, 2.05) is 0 Å². The van der Waals surface area contributed by atoms with Gasteiger partial charge in [-0.05, 0) is 43.4 Å². The van der Waals surface area contributed by atoms with E-state index in [9.17, 15) is 43.2 Å². The molecule has 2 unspecified atom stereocenters. The van der Waals surface area contributed by atoms with Crippen LogP contribution in [0.15, 0.2) is 0 Å². The second-order valence-corrected chi connectivity index (χ2v) is 30.7. The molecular weight excluding hydrogens is 1210 g/mol. The van der Waals surface area contributed by atoms with Crippen molar-refractivity contribution in [2.75, 3.05) is 39.6 Å². The van der Waals surface area contributed by atoms with E-state index in [2.05, 4.69) is 48.5 Å². The first-order valence-corrected chi connectivity index (χ1v) is 40.8. The topological polar surface area (TPSA) is 237 Å². The lowest BCUT2D eigenvalue weighted by Gasteiger charge is -2.21. The maximum atomic E-state index is 13.0. The van der Waals surface area contributed by atoms with Gasteiger partial charge in [-0.1, -0.05) is 318 Å². The Kier molecular flexibility index (Phi) is 62.4. The van der Waals surface area contributed by atoms with Crippen LogP contribution in [0.5, 0.6) is 0 Å². The van der Waals surface area contributed by atoms with Gasteiger partial charge in [-0.3, -0.25) is 37.3 Å². The number of hydrogen-bond acceptors (Lipinski definition) is 15. The molecule has 3 N–H and O–H groups in total. The maximum absolute atomic E-state index is 13.0. The average molecular weight is 1350 g/mol. The Hall–Kier alpha value is -1.94. The lowest BCUT2D eigenvalue weighted by Crippen LogP contribution is -2.30. The molecule has 0 bridgehead atoms. The van der Waals surface area contributed by atoms with E-state index < -0.39 is 97.5 Å². The number of aliphatic hydroxyl groups is 1. The highest BCUT2D eigenvalue weighted by Crippen LogP contribution is 2.45. The molecule has 0 rings (SSSR count). The summed E-state index contributed by atoms with van der Waals surface area (Å²) in [6.07, 6.45) is 49.0. The van der Waals surface area contributed by atoms with Gasteiger partial charge in [-0.15, -0.1) is 0 Å². The molecule has 0 amide bonds. The van der Waals surface area contributed by atoms with Crippen molar-refractivity contribution in [2.24, 2.45) is 17.8 Å².